The first kappa shape index (κ1) is 22.7. The SMILES string of the molecule is COc1ccc(C(C)=O)cc1COC(=O)C(Cc1ccccc1)NC(=O)c1ccccc1. The molecule has 0 aromatic heterocycles. The van der Waals surface area contributed by atoms with Crippen LogP contribution in [0.1, 0.15) is 38.8 Å². The molecule has 3 aromatic carbocycles. The zero-order valence-corrected chi connectivity index (χ0v) is 18.0. The van der Waals surface area contributed by atoms with Crippen molar-refractivity contribution in [2.24, 2.45) is 0 Å². The van der Waals surface area contributed by atoms with Crippen molar-refractivity contribution in [2.75, 3.05) is 7.11 Å². The van der Waals surface area contributed by atoms with Gasteiger partial charge in [0.25, 0.3) is 5.91 Å². The van der Waals surface area contributed by atoms with E-state index in [9.17, 15) is 14.4 Å². The summed E-state index contributed by atoms with van der Waals surface area (Å²) in [5.41, 5.74) is 2.41. The van der Waals surface area contributed by atoms with E-state index < -0.39 is 12.0 Å². The number of nitrogens with one attached hydrogen (secondary N) is 1. The van der Waals surface area contributed by atoms with Crippen molar-refractivity contribution in [1.82, 2.24) is 5.32 Å². The van der Waals surface area contributed by atoms with Gasteiger partial charge in [0.15, 0.2) is 5.78 Å². The van der Waals surface area contributed by atoms with E-state index in [0.717, 1.165) is 5.56 Å². The molecule has 0 aliphatic carbocycles. The highest BCUT2D eigenvalue weighted by Crippen LogP contribution is 2.21. The minimum absolute atomic E-state index is 0.0877. The molecule has 0 spiro atoms. The van der Waals surface area contributed by atoms with Crippen molar-refractivity contribution in [3.63, 3.8) is 0 Å². The lowest BCUT2D eigenvalue weighted by Crippen LogP contribution is -2.43. The largest absolute Gasteiger partial charge is 0.496 e. The van der Waals surface area contributed by atoms with Crippen molar-refractivity contribution < 1.29 is 23.9 Å². The summed E-state index contributed by atoms with van der Waals surface area (Å²) < 4.78 is 10.9. The molecule has 32 heavy (non-hydrogen) atoms. The fraction of sp³-hybridized carbons (Fsp3) is 0.192. The van der Waals surface area contributed by atoms with Crippen molar-refractivity contribution in [1.29, 1.82) is 0 Å². The van der Waals surface area contributed by atoms with E-state index in [2.05, 4.69) is 5.32 Å². The molecule has 0 aliphatic heterocycles. The minimum Gasteiger partial charge on any atom is -0.496 e. The Morgan fingerprint density at radius 3 is 2.16 bits per heavy atom. The van der Waals surface area contributed by atoms with Gasteiger partial charge in [-0.2, -0.15) is 0 Å². The summed E-state index contributed by atoms with van der Waals surface area (Å²) >= 11 is 0. The van der Waals surface area contributed by atoms with Gasteiger partial charge in [0, 0.05) is 23.1 Å². The lowest BCUT2D eigenvalue weighted by Gasteiger charge is -2.19. The summed E-state index contributed by atoms with van der Waals surface area (Å²) in [5, 5.41) is 2.78. The van der Waals surface area contributed by atoms with Crippen LogP contribution < -0.4 is 10.1 Å². The molecule has 6 heteroatoms. The maximum absolute atomic E-state index is 13.0. The summed E-state index contributed by atoms with van der Waals surface area (Å²) in [7, 11) is 1.51. The maximum atomic E-state index is 13.0. The van der Waals surface area contributed by atoms with Crippen molar-refractivity contribution >= 4 is 17.7 Å². The number of amides is 1. The summed E-state index contributed by atoms with van der Waals surface area (Å²) in [4.78, 5) is 37.3. The van der Waals surface area contributed by atoms with Gasteiger partial charge < -0.3 is 14.8 Å². The molecule has 1 unspecified atom stereocenters. The maximum Gasteiger partial charge on any atom is 0.329 e. The molecule has 0 saturated heterocycles. The standard InChI is InChI=1S/C26H25NO5/c1-18(28)21-13-14-24(31-2)22(16-21)17-32-26(30)23(15-19-9-5-3-6-10-19)27-25(29)20-11-7-4-8-12-20/h3-14,16,23H,15,17H2,1-2H3,(H,27,29). The number of ketones is 1. The highest BCUT2D eigenvalue weighted by Gasteiger charge is 2.24. The van der Waals surface area contributed by atoms with Gasteiger partial charge in [-0.05, 0) is 42.8 Å². The second-order valence-electron chi connectivity index (χ2n) is 7.27. The van der Waals surface area contributed by atoms with Crippen LogP contribution >= 0.6 is 0 Å². The number of benzene rings is 3. The molecular formula is C26H25NO5. The third kappa shape index (κ3) is 6.04. The lowest BCUT2D eigenvalue weighted by atomic mass is 10.1. The topological polar surface area (TPSA) is 81.7 Å². The van der Waals surface area contributed by atoms with Gasteiger partial charge in [0.05, 0.1) is 7.11 Å². The van der Waals surface area contributed by atoms with Crippen molar-refractivity contribution in [2.45, 2.75) is 26.0 Å². The normalized spacial score (nSPS) is 11.3. The highest BCUT2D eigenvalue weighted by molar-refractivity contribution is 5.97. The highest BCUT2D eigenvalue weighted by atomic mass is 16.5. The van der Waals surface area contributed by atoms with Crippen LogP contribution in [0, 0.1) is 0 Å². The minimum atomic E-state index is -0.882. The van der Waals surface area contributed by atoms with E-state index in [4.69, 9.17) is 9.47 Å². The van der Waals surface area contributed by atoms with Crippen LogP contribution in [0.5, 0.6) is 5.75 Å². The van der Waals surface area contributed by atoms with Gasteiger partial charge in [0.1, 0.15) is 18.4 Å². The number of ether oxygens (including phenoxy) is 2. The van der Waals surface area contributed by atoms with E-state index in [1.807, 2.05) is 36.4 Å². The second-order valence-corrected chi connectivity index (χ2v) is 7.27. The van der Waals surface area contributed by atoms with Crippen molar-refractivity contribution in [3.05, 3.63) is 101 Å². The Balaban J connectivity index is 1.77. The molecule has 6 nitrogen and oxygen atoms in total. The Bertz CT molecular complexity index is 1080. The fourth-order valence-corrected chi connectivity index (χ4v) is 3.23. The first-order valence-electron chi connectivity index (χ1n) is 10.2. The Hall–Kier alpha value is -3.93. The van der Waals surface area contributed by atoms with E-state index >= 15 is 0 Å². The summed E-state index contributed by atoms with van der Waals surface area (Å²) in [6.45, 7) is 1.38. The molecule has 0 saturated carbocycles. The molecule has 0 bridgehead atoms. The predicted octanol–water partition coefficient (Wildman–Crippen LogP) is 3.98. The fourth-order valence-electron chi connectivity index (χ4n) is 3.23. The molecule has 3 rings (SSSR count). The molecule has 164 valence electrons. The van der Waals surface area contributed by atoms with Gasteiger partial charge in [-0.15, -0.1) is 0 Å². The number of hydrogen-bond donors (Lipinski definition) is 1. The zero-order valence-electron chi connectivity index (χ0n) is 18.0. The van der Waals surface area contributed by atoms with E-state index in [1.54, 1.807) is 42.5 Å². The molecule has 0 radical (unpaired) electrons. The van der Waals surface area contributed by atoms with E-state index in [-0.39, 0.29) is 24.7 Å². The van der Waals surface area contributed by atoms with E-state index in [0.29, 0.717) is 22.4 Å². The molecule has 0 aliphatic rings. The van der Waals surface area contributed by atoms with Gasteiger partial charge in [-0.1, -0.05) is 48.5 Å². The number of rotatable bonds is 9. The Labute approximate surface area is 187 Å². The van der Waals surface area contributed by atoms with Crippen LogP contribution in [0.15, 0.2) is 78.9 Å². The quantitative estimate of drug-likeness (QED) is 0.409. The van der Waals surface area contributed by atoms with Crippen LogP contribution in [0.4, 0.5) is 0 Å². The summed E-state index contributed by atoms with van der Waals surface area (Å²) in [6, 6.07) is 22.2. The van der Waals surface area contributed by atoms with Crippen LogP contribution in [-0.2, 0) is 22.6 Å². The Morgan fingerprint density at radius 1 is 0.875 bits per heavy atom. The molecule has 1 amide bonds. The zero-order chi connectivity index (χ0) is 22.9. The second kappa shape index (κ2) is 10.9. The number of hydrogen-bond acceptors (Lipinski definition) is 5. The predicted molar refractivity (Wildman–Crippen MR) is 121 cm³/mol. The number of methoxy groups -OCH3 is 1. The Morgan fingerprint density at radius 2 is 1.53 bits per heavy atom. The number of esters is 1. The monoisotopic (exact) mass is 431 g/mol. The van der Waals surface area contributed by atoms with Crippen LogP contribution in [-0.4, -0.2) is 30.8 Å². The molecular weight excluding hydrogens is 406 g/mol. The summed E-state index contributed by atoms with van der Waals surface area (Å²) in [5.74, 6) is -0.527. The van der Waals surface area contributed by atoms with Gasteiger partial charge >= 0.3 is 5.97 Å². The van der Waals surface area contributed by atoms with Crippen LogP contribution in [0.3, 0.4) is 0 Å². The lowest BCUT2D eigenvalue weighted by molar-refractivity contribution is -0.147. The van der Waals surface area contributed by atoms with E-state index in [1.165, 1.54) is 14.0 Å². The van der Waals surface area contributed by atoms with Crippen LogP contribution in [0.25, 0.3) is 0 Å². The molecule has 0 heterocycles. The Kier molecular flexibility index (Phi) is 7.75. The molecule has 1 atom stereocenters. The first-order chi connectivity index (χ1) is 15.5. The van der Waals surface area contributed by atoms with Gasteiger partial charge in [0.2, 0.25) is 0 Å². The number of carbonyl (C=O) groups excluding carboxylic acids is 3. The molecule has 3 aromatic rings. The van der Waals surface area contributed by atoms with Crippen LogP contribution in [0.2, 0.25) is 0 Å². The molecule has 1 N–H and O–H groups in total. The van der Waals surface area contributed by atoms with Crippen molar-refractivity contribution in [3.8, 4) is 5.75 Å². The van der Waals surface area contributed by atoms with Gasteiger partial charge in [-0.25, -0.2) is 4.79 Å². The summed E-state index contributed by atoms with van der Waals surface area (Å²) in [6.07, 6.45) is 0.281. The third-order valence-corrected chi connectivity index (χ3v) is 4.97. The third-order valence-electron chi connectivity index (χ3n) is 4.97. The average molecular weight is 431 g/mol. The smallest absolute Gasteiger partial charge is 0.329 e. The number of carbonyl (C=O) groups is 3. The average Bonchev–Trinajstić information content (AvgIpc) is 2.83. The van der Waals surface area contributed by atoms with Gasteiger partial charge in [-0.3, -0.25) is 9.59 Å². The number of Topliss-reactive ketones (excluding diaryl/α,β-unsaturated/α-hetero) is 1. The first-order valence-corrected chi connectivity index (χ1v) is 10.2. The molecule has 0 fully saturated rings.